The summed E-state index contributed by atoms with van der Waals surface area (Å²) in [5.41, 5.74) is 4.38. The molecule has 0 saturated carbocycles. The fourth-order valence-corrected chi connectivity index (χ4v) is 4.15. The van der Waals surface area contributed by atoms with Crippen LogP contribution in [0.1, 0.15) is 39.7 Å². The number of aryl methyl sites for hydroxylation is 1. The molecule has 0 spiro atoms. The molecular formula is C25H20ClN3O3. The number of furan rings is 1. The van der Waals surface area contributed by atoms with Gasteiger partial charge in [-0.25, -0.2) is 9.99 Å². The molecule has 0 aliphatic carbocycles. The number of methoxy groups -OCH3 is 1. The van der Waals surface area contributed by atoms with E-state index in [0.717, 1.165) is 33.3 Å². The number of aromatic nitrogens is 1. The first-order chi connectivity index (χ1) is 15.5. The van der Waals surface area contributed by atoms with E-state index in [9.17, 15) is 4.79 Å². The maximum atomic E-state index is 13.2. The van der Waals surface area contributed by atoms with Gasteiger partial charge in [0.25, 0.3) is 0 Å². The second-order valence-electron chi connectivity index (χ2n) is 7.69. The maximum Gasteiger partial charge on any atom is 0.310 e. The van der Waals surface area contributed by atoms with Crippen molar-refractivity contribution in [1.29, 1.82) is 0 Å². The topological polar surface area (TPSA) is 67.9 Å². The Balaban J connectivity index is 1.59. The van der Waals surface area contributed by atoms with Gasteiger partial charge in [-0.05, 0) is 42.8 Å². The molecule has 0 saturated heterocycles. The van der Waals surface area contributed by atoms with Crippen molar-refractivity contribution in [3.63, 3.8) is 0 Å². The molecule has 0 unspecified atom stereocenters. The van der Waals surface area contributed by atoms with Crippen LogP contribution in [0.3, 0.4) is 0 Å². The van der Waals surface area contributed by atoms with Crippen LogP contribution in [0.5, 0.6) is 5.75 Å². The van der Waals surface area contributed by atoms with Crippen molar-refractivity contribution in [2.45, 2.75) is 19.4 Å². The summed E-state index contributed by atoms with van der Waals surface area (Å²) in [6.45, 7) is 2.03. The van der Waals surface area contributed by atoms with Crippen LogP contribution in [0.2, 0.25) is 5.15 Å². The quantitative estimate of drug-likeness (QED) is 0.373. The lowest BCUT2D eigenvalue weighted by atomic mass is 9.98. The Bertz CT molecular complexity index is 1330. The lowest BCUT2D eigenvalue weighted by molar-refractivity contribution is 0.0678. The summed E-state index contributed by atoms with van der Waals surface area (Å²) in [7, 11) is 1.61. The number of fused-ring (bicyclic) bond motifs is 1. The number of benzene rings is 2. The van der Waals surface area contributed by atoms with E-state index in [1.54, 1.807) is 19.2 Å². The minimum Gasteiger partial charge on any atom is -0.497 e. The van der Waals surface area contributed by atoms with Crippen LogP contribution in [0.15, 0.2) is 76.4 Å². The standard InChI is InChI=1S/C25H20ClN3O3/c1-15-5-7-16(8-6-15)21-14-22(29(28-21)25(30)23-4-3-11-32-23)19-12-17-9-10-18(31-2)13-20(17)27-24(19)26/h3-13,22H,14H2,1-2H3/t22-/m0/s1. The summed E-state index contributed by atoms with van der Waals surface area (Å²) < 4.78 is 10.6. The molecule has 7 heteroatoms. The fourth-order valence-electron chi connectivity index (χ4n) is 3.87. The molecule has 2 aromatic carbocycles. The number of hydrazone groups is 1. The number of halogens is 1. The molecular weight excluding hydrogens is 426 g/mol. The molecule has 0 fully saturated rings. The Kier molecular flexibility index (Phi) is 5.15. The summed E-state index contributed by atoms with van der Waals surface area (Å²) in [6, 6.07) is 18.6. The van der Waals surface area contributed by atoms with Gasteiger partial charge in [-0.2, -0.15) is 5.10 Å². The van der Waals surface area contributed by atoms with Gasteiger partial charge in [0, 0.05) is 23.4 Å². The third-order valence-corrected chi connectivity index (χ3v) is 5.90. The number of ether oxygens (including phenoxy) is 1. The molecule has 3 heterocycles. The zero-order chi connectivity index (χ0) is 22.2. The molecule has 5 rings (SSSR count). The van der Waals surface area contributed by atoms with Crippen LogP contribution in [-0.4, -0.2) is 28.7 Å². The van der Waals surface area contributed by atoms with E-state index in [2.05, 4.69) is 10.1 Å². The minimum atomic E-state index is -0.407. The first kappa shape index (κ1) is 20.3. The van der Waals surface area contributed by atoms with Crippen LogP contribution in [0, 0.1) is 6.92 Å². The molecule has 2 aromatic heterocycles. The lowest BCUT2D eigenvalue weighted by Crippen LogP contribution is -2.27. The Morgan fingerprint density at radius 1 is 1.16 bits per heavy atom. The molecule has 6 nitrogen and oxygen atoms in total. The maximum absolute atomic E-state index is 13.2. The highest BCUT2D eigenvalue weighted by molar-refractivity contribution is 6.30. The Morgan fingerprint density at radius 2 is 1.97 bits per heavy atom. The Hall–Kier alpha value is -3.64. The number of hydrogen-bond donors (Lipinski definition) is 0. The summed E-state index contributed by atoms with van der Waals surface area (Å²) in [4.78, 5) is 17.8. The molecule has 1 atom stereocenters. The average Bonchev–Trinajstić information content (AvgIpc) is 3.49. The van der Waals surface area contributed by atoms with Crippen molar-refractivity contribution in [2.75, 3.05) is 7.11 Å². The first-order valence-electron chi connectivity index (χ1n) is 10.2. The number of carbonyl (C=O) groups excluding carboxylic acids is 1. The van der Waals surface area contributed by atoms with Gasteiger partial charge >= 0.3 is 5.91 Å². The average molecular weight is 446 g/mol. The summed E-state index contributed by atoms with van der Waals surface area (Å²) in [5, 5.41) is 7.36. The van der Waals surface area contributed by atoms with Gasteiger partial charge in [-0.3, -0.25) is 4.79 Å². The summed E-state index contributed by atoms with van der Waals surface area (Å²) in [6.07, 6.45) is 1.99. The van der Waals surface area contributed by atoms with Crippen LogP contribution >= 0.6 is 11.6 Å². The van der Waals surface area contributed by atoms with Crippen molar-refractivity contribution in [1.82, 2.24) is 9.99 Å². The largest absolute Gasteiger partial charge is 0.497 e. The molecule has 0 bridgehead atoms. The van der Waals surface area contributed by atoms with Crippen LogP contribution in [0.4, 0.5) is 0 Å². The van der Waals surface area contributed by atoms with Gasteiger partial charge in [-0.15, -0.1) is 0 Å². The van der Waals surface area contributed by atoms with E-state index in [-0.39, 0.29) is 11.7 Å². The normalized spacial score (nSPS) is 15.8. The highest BCUT2D eigenvalue weighted by atomic mass is 35.5. The zero-order valence-electron chi connectivity index (χ0n) is 17.6. The van der Waals surface area contributed by atoms with E-state index in [1.165, 1.54) is 11.3 Å². The van der Waals surface area contributed by atoms with Crippen LogP contribution in [0.25, 0.3) is 10.9 Å². The smallest absolute Gasteiger partial charge is 0.310 e. The van der Waals surface area contributed by atoms with E-state index in [0.29, 0.717) is 17.3 Å². The highest BCUT2D eigenvalue weighted by Gasteiger charge is 2.36. The second-order valence-corrected chi connectivity index (χ2v) is 8.04. The molecule has 1 aliphatic heterocycles. The third kappa shape index (κ3) is 3.63. The van der Waals surface area contributed by atoms with Crippen molar-refractivity contribution >= 4 is 34.1 Å². The van der Waals surface area contributed by atoms with E-state index in [1.807, 2.05) is 55.5 Å². The predicted molar refractivity (Wildman–Crippen MR) is 123 cm³/mol. The minimum absolute atomic E-state index is 0.221. The number of amides is 1. The van der Waals surface area contributed by atoms with Crippen LogP contribution < -0.4 is 4.74 Å². The number of rotatable bonds is 4. The highest BCUT2D eigenvalue weighted by Crippen LogP contribution is 2.38. The van der Waals surface area contributed by atoms with Gasteiger partial charge < -0.3 is 9.15 Å². The van der Waals surface area contributed by atoms with Gasteiger partial charge in [0.1, 0.15) is 10.9 Å². The molecule has 0 radical (unpaired) electrons. The molecule has 160 valence electrons. The summed E-state index contributed by atoms with van der Waals surface area (Å²) in [5.74, 6) is 0.598. The van der Waals surface area contributed by atoms with Gasteiger partial charge in [0.2, 0.25) is 0 Å². The third-order valence-electron chi connectivity index (χ3n) is 5.60. The van der Waals surface area contributed by atoms with Crippen molar-refractivity contribution in [3.05, 3.63) is 94.5 Å². The molecule has 1 amide bonds. The van der Waals surface area contributed by atoms with Gasteiger partial charge in [0.15, 0.2) is 5.76 Å². The lowest BCUT2D eigenvalue weighted by Gasteiger charge is -2.22. The van der Waals surface area contributed by atoms with Crippen molar-refractivity contribution in [3.8, 4) is 5.75 Å². The number of pyridine rings is 1. The van der Waals surface area contributed by atoms with Gasteiger partial charge in [-0.1, -0.05) is 41.4 Å². The molecule has 0 N–H and O–H groups in total. The van der Waals surface area contributed by atoms with Crippen molar-refractivity contribution < 1.29 is 13.9 Å². The monoisotopic (exact) mass is 445 g/mol. The molecule has 32 heavy (non-hydrogen) atoms. The summed E-state index contributed by atoms with van der Waals surface area (Å²) >= 11 is 6.62. The number of nitrogens with zero attached hydrogens (tertiary/aromatic N) is 3. The fraction of sp³-hybridized carbons (Fsp3) is 0.160. The van der Waals surface area contributed by atoms with Crippen LogP contribution in [-0.2, 0) is 0 Å². The second kappa shape index (κ2) is 8.13. The number of hydrogen-bond acceptors (Lipinski definition) is 5. The predicted octanol–water partition coefficient (Wildman–Crippen LogP) is 5.79. The van der Waals surface area contributed by atoms with Gasteiger partial charge in [0.05, 0.1) is 30.6 Å². The SMILES string of the molecule is COc1ccc2cc([C@@H]3CC(c4ccc(C)cc4)=NN3C(=O)c3ccco3)c(Cl)nc2c1. The zero-order valence-corrected chi connectivity index (χ0v) is 18.3. The van der Waals surface area contributed by atoms with E-state index < -0.39 is 6.04 Å². The van der Waals surface area contributed by atoms with E-state index >= 15 is 0 Å². The Morgan fingerprint density at radius 3 is 2.69 bits per heavy atom. The molecule has 1 aliphatic rings. The van der Waals surface area contributed by atoms with E-state index in [4.69, 9.17) is 20.8 Å². The molecule has 4 aromatic rings. The Labute approximate surface area is 190 Å². The number of carbonyl (C=O) groups is 1. The first-order valence-corrected chi connectivity index (χ1v) is 10.6. The van der Waals surface area contributed by atoms with Crippen molar-refractivity contribution in [2.24, 2.45) is 5.10 Å².